The van der Waals surface area contributed by atoms with Crippen LogP contribution >= 0.6 is 23.2 Å². The van der Waals surface area contributed by atoms with Crippen LogP contribution in [-0.4, -0.2) is 24.8 Å². The average Bonchev–Trinajstić information content (AvgIpc) is 2.95. The molecule has 1 amide bonds. The van der Waals surface area contributed by atoms with E-state index in [1.54, 1.807) is 0 Å². The van der Waals surface area contributed by atoms with Crippen molar-refractivity contribution in [1.82, 2.24) is 10.6 Å². The molecule has 0 bridgehead atoms. The summed E-state index contributed by atoms with van der Waals surface area (Å²) in [6.07, 6.45) is 24.9. The number of allylic oxidation sites excluding steroid dienone is 4. The highest BCUT2D eigenvalue weighted by Crippen LogP contribution is 2.31. The first kappa shape index (κ1) is 38.1. The van der Waals surface area contributed by atoms with Crippen LogP contribution in [0.2, 0.25) is 10.0 Å². The largest absolute Gasteiger partial charge is 0.353 e. The van der Waals surface area contributed by atoms with Crippen LogP contribution in [0.1, 0.15) is 91.5 Å². The van der Waals surface area contributed by atoms with E-state index in [2.05, 4.69) is 49.5 Å². The highest BCUT2D eigenvalue weighted by atomic mass is 35.5. The molecule has 1 aromatic carbocycles. The minimum atomic E-state index is 0.214. The van der Waals surface area contributed by atoms with Gasteiger partial charge in [-0.25, -0.2) is 0 Å². The van der Waals surface area contributed by atoms with Crippen LogP contribution < -0.4 is 10.6 Å². The van der Waals surface area contributed by atoms with Crippen molar-refractivity contribution in [2.75, 3.05) is 6.54 Å². The summed E-state index contributed by atoms with van der Waals surface area (Å²) in [6.45, 7) is 11.7. The van der Waals surface area contributed by atoms with Crippen molar-refractivity contribution >= 4 is 35.4 Å². The molecule has 4 nitrogen and oxygen atoms in total. The second-order valence-electron chi connectivity index (χ2n) is 8.87. The number of carbonyl (C=O) groups is 2. The zero-order chi connectivity index (χ0) is 29.2. The van der Waals surface area contributed by atoms with E-state index in [0.717, 1.165) is 37.8 Å². The topological polar surface area (TPSA) is 58.2 Å². The van der Waals surface area contributed by atoms with E-state index < -0.39 is 0 Å². The predicted molar refractivity (Wildman–Crippen MR) is 167 cm³/mol. The number of rotatable bonds is 12. The van der Waals surface area contributed by atoms with Crippen LogP contribution in [0.15, 0.2) is 42.5 Å². The van der Waals surface area contributed by atoms with Gasteiger partial charge in [0, 0.05) is 25.4 Å². The van der Waals surface area contributed by atoms with Gasteiger partial charge in [0.1, 0.15) is 6.29 Å². The molecule has 0 aliphatic heterocycles. The molecule has 0 radical (unpaired) electrons. The number of terminal acetylenes is 1. The zero-order valence-electron chi connectivity index (χ0n) is 24.1. The predicted octanol–water partition coefficient (Wildman–Crippen LogP) is 8.57. The third kappa shape index (κ3) is 19.1. The molecule has 1 aromatic rings. The Morgan fingerprint density at radius 2 is 1.74 bits per heavy atom. The van der Waals surface area contributed by atoms with Gasteiger partial charge in [0.15, 0.2) is 0 Å². The third-order valence-electron chi connectivity index (χ3n) is 6.14. The number of hydrogen-bond acceptors (Lipinski definition) is 3. The number of nitrogens with one attached hydrogen (secondary N) is 2. The Hall–Kier alpha value is -2.06. The van der Waals surface area contributed by atoms with Crippen molar-refractivity contribution in [2.45, 2.75) is 98.6 Å². The van der Waals surface area contributed by atoms with E-state index in [-0.39, 0.29) is 11.9 Å². The summed E-state index contributed by atoms with van der Waals surface area (Å²) in [7, 11) is 0. The maximum Gasteiger partial charge on any atom is 0.220 e. The Bertz CT molecular complexity index is 813. The fourth-order valence-electron chi connectivity index (χ4n) is 4.13. The van der Waals surface area contributed by atoms with Crippen molar-refractivity contribution in [3.8, 4) is 12.8 Å². The number of aldehydes is 1. The highest BCUT2D eigenvalue weighted by molar-refractivity contribution is 6.42. The second-order valence-corrected chi connectivity index (χ2v) is 9.68. The van der Waals surface area contributed by atoms with E-state index >= 15 is 0 Å². The highest BCUT2D eigenvalue weighted by Gasteiger charge is 2.22. The first-order valence-electron chi connectivity index (χ1n) is 13.9. The second kappa shape index (κ2) is 26.5. The molecule has 2 N–H and O–H groups in total. The molecule has 1 aliphatic carbocycles. The molecular formula is C32H50Cl2N2O2. The van der Waals surface area contributed by atoms with E-state index in [9.17, 15) is 9.59 Å². The van der Waals surface area contributed by atoms with Crippen LogP contribution in [0.3, 0.4) is 0 Å². The molecule has 0 aromatic heterocycles. The molecule has 0 spiro atoms. The first-order chi connectivity index (χ1) is 18.4. The lowest BCUT2D eigenvalue weighted by Crippen LogP contribution is -2.37. The minimum Gasteiger partial charge on any atom is -0.353 e. The third-order valence-corrected chi connectivity index (χ3v) is 6.88. The summed E-state index contributed by atoms with van der Waals surface area (Å²) in [5.41, 5.74) is 1.11. The van der Waals surface area contributed by atoms with E-state index in [1.165, 1.54) is 25.7 Å². The van der Waals surface area contributed by atoms with Crippen molar-refractivity contribution in [3.05, 3.63) is 58.1 Å². The molecule has 0 saturated heterocycles. The fourth-order valence-corrected chi connectivity index (χ4v) is 4.46. The average molecular weight is 566 g/mol. The van der Waals surface area contributed by atoms with Crippen molar-refractivity contribution in [1.29, 1.82) is 0 Å². The molecule has 38 heavy (non-hydrogen) atoms. The van der Waals surface area contributed by atoms with Gasteiger partial charge in [-0.1, -0.05) is 74.3 Å². The quantitative estimate of drug-likeness (QED) is 0.116. The van der Waals surface area contributed by atoms with Gasteiger partial charge < -0.3 is 15.4 Å². The van der Waals surface area contributed by atoms with Gasteiger partial charge in [-0.2, -0.15) is 0 Å². The first-order valence-corrected chi connectivity index (χ1v) is 14.6. The van der Waals surface area contributed by atoms with Gasteiger partial charge in [0.2, 0.25) is 5.91 Å². The minimum absolute atomic E-state index is 0.214. The van der Waals surface area contributed by atoms with Gasteiger partial charge in [-0.3, -0.25) is 4.79 Å². The number of carbonyl (C=O) groups excluding carboxylic acids is 2. The molecule has 2 rings (SSSR count). The van der Waals surface area contributed by atoms with E-state index in [1.807, 2.05) is 51.1 Å². The smallest absolute Gasteiger partial charge is 0.220 e. The molecule has 6 heteroatoms. The molecule has 1 saturated carbocycles. The summed E-state index contributed by atoms with van der Waals surface area (Å²) in [6, 6.07) is 5.92. The van der Waals surface area contributed by atoms with Crippen molar-refractivity contribution < 1.29 is 9.59 Å². The van der Waals surface area contributed by atoms with E-state index in [4.69, 9.17) is 23.2 Å². The van der Waals surface area contributed by atoms with Crippen molar-refractivity contribution in [3.63, 3.8) is 0 Å². The fraction of sp³-hybridized carbons (Fsp3) is 0.562. The lowest BCUT2D eigenvalue weighted by Gasteiger charge is -2.27. The Morgan fingerprint density at radius 3 is 2.24 bits per heavy atom. The lowest BCUT2D eigenvalue weighted by atomic mass is 9.80. The van der Waals surface area contributed by atoms with Crippen LogP contribution in [0.4, 0.5) is 0 Å². The van der Waals surface area contributed by atoms with Crippen LogP contribution in [0, 0.1) is 24.7 Å². The number of benzene rings is 1. The molecular weight excluding hydrogens is 515 g/mol. The van der Waals surface area contributed by atoms with Gasteiger partial charge in [-0.05, 0) is 88.4 Å². The molecule has 1 unspecified atom stereocenters. The van der Waals surface area contributed by atoms with Crippen LogP contribution in [0.5, 0.6) is 0 Å². The normalized spacial score (nSPS) is 17.2. The molecule has 1 aliphatic rings. The summed E-state index contributed by atoms with van der Waals surface area (Å²) in [4.78, 5) is 22.0. The number of amides is 1. The molecule has 0 heterocycles. The monoisotopic (exact) mass is 564 g/mol. The van der Waals surface area contributed by atoms with Crippen LogP contribution in [0.25, 0.3) is 0 Å². The Balaban J connectivity index is 0. The van der Waals surface area contributed by atoms with Crippen LogP contribution in [-0.2, 0) is 16.1 Å². The van der Waals surface area contributed by atoms with Gasteiger partial charge in [0.25, 0.3) is 0 Å². The van der Waals surface area contributed by atoms with Gasteiger partial charge in [-0.15, -0.1) is 12.8 Å². The summed E-state index contributed by atoms with van der Waals surface area (Å²) in [5, 5.41) is 7.82. The Morgan fingerprint density at radius 1 is 1.08 bits per heavy atom. The van der Waals surface area contributed by atoms with Gasteiger partial charge in [0.05, 0.1) is 10.0 Å². The standard InChI is InChI=1S/C23H34Cl2N2O.C5H8O.C2H6.C2H2/c1-3-5-17-6-8-18(9-7-17)15-23(28)27-20(4-2)12-13-26-16-19-10-11-21(24)22(25)14-19;1-2-3-4-5-6;2*1-2/h3,5,10-11,14,17-18,20,26H,4,6-9,12-13,15-16H2,1-2H3,(H,27,28);2-3,5H,4H2,1H3;1-2H3;1-2H/b5-3+;3-2-;;. The Kier molecular flexibility index (Phi) is 26.6. The SMILES string of the molecule is C#C.C/C=C/C1CCC(CC(=O)NC(CC)CCNCc2ccc(Cl)c(Cl)c2)CC1.C/C=C\CC=O.CC. The Labute approximate surface area is 243 Å². The summed E-state index contributed by atoms with van der Waals surface area (Å²) < 4.78 is 0. The molecule has 1 atom stereocenters. The zero-order valence-corrected chi connectivity index (χ0v) is 25.7. The lowest BCUT2D eigenvalue weighted by molar-refractivity contribution is -0.123. The number of halogens is 2. The molecule has 1 fully saturated rings. The maximum absolute atomic E-state index is 12.4. The number of hydrogen-bond donors (Lipinski definition) is 2. The summed E-state index contributed by atoms with van der Waals surface area (Å²) in [5.74, 6) is 1.48. The summed E-state index contributed by atoms with van der Waals surface area (Å²) >= 11 is 12.0. The maximum atomic E-state index is 12.4. The van der Waals surface area contributed by atoms with Gasteiger partial charge >= 0.3 is 0 Å². The van der Waals surface area contributed by atoms with E-state index in [0.29, 0.717) is 34.7 Å². The molecule has 214 valence electrons. The van der Waals surface area contributed by atoms with Crippen molar-refractivity contribution in [2.24, 2.45) is 11.8 Å².